The third kappa shape index (κ3) is 5.05. The van der Waals surface area contributed by atoms with Crippen molar-refractivity contribution >= 4 is 5.96 Å². The molecule has 2 N–H and O–H groups in total. The topological polar surface area (TPSA) is 44.6 Å². The van der Waals surface area contributed by atoms with E-state index in [0.29, 0.717) is 12.1 Å². The lowest BCUT2D eigenvalue weighted by Crippen LogP contribution is -2.49. The van der Waals surface area contributed by atoms with Crippen LogP contribution in [0.4, 0.5) is 0 Å². The van der Waals surface area contributed by atoms with E-state index in [0.717, 1.165) is 19.0 Å². The van der Waals surface area contributed by atoms with E-state index in [1.807, 2.05) is 7.05 Å². The van der Waals surface area contributed by atoms with E-state index in [4.69, 9.17) is 4.99 Å². The molecule has 5 heteroatoms. The third-order valence-electron chi connectivity index (χ3n) is 4.26. The van der Waals surface area contributed by atoms with Crippen molar-refractivity contribution in [1.82, 2.24) is 20.1 Å². The highest BCUT2D eigenvalue weighted by Crippen LogP contribution is 2.12. The molecule has 0 spiro atoms. The summed E-state index contributed by atoms with van der Waals surface area (Å²) in [5.74, 6) is 0.939. The summed E-state index contributed by atoms with van der Waals surface area (Å²) in [4.78, 5) is 7.26. The second-order valence-corrected chi connectivity index (χ2v) is 6.43. The van der Waals surface area contributed by atoms with Crippen molar-refractivity contribution in [3.63, 3.8) is 0 Å². The fourth-order valence-electron chi connectivity index (χ4n) is 2.90. The smallest absolute Gasteiger partial charge is 0.191 e. The first-order valence-corrected chi connectivity index (χ1v) is 8.48. The Morgan fingerprint density at radius 2 is 2.09 bits per heavy atom. The quantitative estimate of drug-likeness (QED) is 0.645. The Kier molecular flexibility index (Phi) is 6.31. The first-order valence-electron chi connectivity index (χ1n) is 8.48. The van der Waals surface area contributed by atoms with Gasteiger partial charge in [-0.05, 0) is 45.2 Å². The van der Waals surface area contributed by atoms with Gasteiger partial charge in [-0.1, -0.05) is 0 Å². The Balaban J connectivity index is 1.86. The van der Waals surface area contributed by atoms with Gasteiger partial charge in [0.2, 0.25) is 0 Å². The molecule has 0 aliphatic carbocycles. The zero-order valence-electron chi connectivity index (χ0n) is 14.5. The summed E-state index contributed by atoms with van der Waals surface area (Å²) < 4.78 is 2.06. The molecular weight excluding hydrogens is 274 g/mol. The van der Waals surface area contributed by atoms with E-state index in [1.165, 1.54) is 31.5 Å². The molecule has 1 aliphatic heterocycles. The molecule has 1 aromatic heterocycles. The van der Waals surface area contributed by atoms with Crippen LogP contribution < -0.4 is 10.6 Å². The van der Waals surface area contributed by atoms with Crippen LogP contribution >= 0.6 is 0 Å². The second-order valence-electron chi connectivity index (χ2n) is 6.43. The number of aromatic nitrogens is 1. The van der Waals surface area contributed by atoms with Gasteiger partial charge in [0.05, 0.1) is 6.54 Å². The maximum Gasteiger partial charge on any atom is 0.191 e. The van der Waals surface area contributed by atoms with Crippen molar-refractivity contribution in [3.8, 4) is 0 Å². The van der Waals surface area contributed by atoms with E-state index in [2.05, 4.69) is 59.3 Å². The molecule has 1 saturated heterocycles. The van der Waals surface area contributed by atoms with Crippen LogP contribution in [0, 0.1) is 0 Å². The molecule has 1 aromatic rings. The highest BCUT2D eigenvalue weighted by Gasteiger charge is 2.21. The Hall–Kier alpha value is -1.49. The number of nitrogens with one attached hydrogen (secondary N) is 2. The molecular formula is C17H31N5. The van der Waals surface area contributed by atoms with Crippen LogP contribution in [-0.2, 0) is 13.6 Å². The molecule has 1 aliphatic rings. The molecule has 1 fully saturated rings. The summed E-state index contributed by atoms with van der Waals surface area (Å²) in [6, 6.07) is 3.30. The zero-order chi connectivity index (χ0) is 15.9. The average Bonchev–Trinajstić information content (AvgIpc) is 2.91. The number of aryl methyl sites for hydroxylation is 1. The maximum absolute atomic E-state index is 4.71. The van der Waals surface area contributed by atoms with Gasteiger partial charge in [-0.15, -0.1) is 0 Å². The normalized spacial score (nSPS) is 18.0. The van der Waals surface area contributed by atoms with Crippen molar-refractivity contribution in [2.75, 3.05) is 19.6 Å². The predicted molar refractivity (Wildman–Crippen MR) is 93.1 cm³/mol. The summed E-state index contributed by atoms with van der Waals surface area (Å²) in [6.45, 7) is 10.6. The second kappa shape index (κ2) is 8.22. The van der Waals surface area contributed by atoms with Gasteiger partial charge in [-0.3, -0.25) is 0 Å². The lowest BCUT2D eigenvalue weighted by molar-refractivity contribution is 0.167. The molecule has 0 aromatic carbocycles. The first kappa shape index (κ1) is 16.9. The molecule has 2 rings (SSSR count). The van der Waals surface area contributed by atoms with E-state index < -0.39 is 0 Å². The predicted octanol–water partition coefficient (Wildman–Crippen LogP) is 1.95. The molecule has 0 radical (unpaired) electrons. The summed E-state index contributed by atoms with van der Waals surface area (Å²) in [5.41, 5.74) is 1.24. The molecule has 0 saturated carbocycles. The minimum absolute atomic E-state index is 0.531. The SMILES string of the molecule is CCNC(=NCc1ccn(C)c1)NC1CCN(C(C)C)CC1. The van der Waals surface area contributed by atoms with Crippen LogP contribution in [-0.4, -0.2) is 47.1 Å². The summed E-state index contributed by atoms with van der Waals surface area (Å²) in [6.07, 6.45) is 6.56. The van der Waals surface area contributed by atoms with Crippen LogP contribution in [0.1, 0.15) is 39.2 Å². The van der Waals surface area contributed by atoms with Crippen LogP contribution in [0.2, 0.25) is 0 Å². The molecule has 0 amide bonds. The van der Waals surface area contributed by atoms with Gasteiger partial charge in [0.15, 0.2) is 5.96 Å². The fourth-order valence-corrected chi connectivity index (χ4v) is 2.90. The van der Waals surface area contributed by atoms with E-state index in [1.54, 1.807) is 0 Å². The van der Waals surface area contributed by atoms with Gasteiger partial charge in [-0.25, -0.2) is 4.99 Å². The number of rotatable bonds is 5. The van der Waals surface area contributed by atoms with Crippen molar-refractivity contribution < 1.29 is 0 Å². The van der Waals surface area contributed by atoms with Gasteiger partial charge in [0.1, 0.15) is 0 Å². The number of aliphatic imine (C=N–C) groups is 1. The molecule has 22 heavy (non-hydrogen) atoms. The average molecular weight is 305 g/mol. The molecule has 2 heterocycles. The summed E-state index contributed by atoms with van der Waals surface area (Å²) >= 11 is 0. The number of likely N-dealkylation sites (tertiary alicyclic amines) is 1. The Morgan fingerprint density at radius 1 is 1.36 bits per heavy atom. The number of guanidine groups is 1. The Morgan fingerprint density at radius 3 is 2.64 bits per heavy atom. The van der Waals surface area contributed by atoms with Crippen LogP contribution in [0.25, 0.3) is 0 Å². The molecule has 0 atom stereocenters. The highest BCUT2D eigenvalue weighted by molar-refractivity contribution is 5.80. The van der Waals surface area contributed by atoms with E-state index in [-0.39, 0.29) is 0 Å². The van der Waals surface area contributed by atoms with Crippen LogP contribution in [0.5, 0.6) is 0 Å². The van der Waals surface area contributed by atoms with E-state index >= 15 is 0 Å². The number of hydrogen-bond donors (Lipinski definition) is 2. The number of piperidine rings is 1. The number of hydrogen-bond acceptors (Lipinski definition) is 2. The van der Waals surface area contributed by atoms with Gasteiger partial charge in [0.25, 0.3) is 0 Å². The third-order valence-corrected chi connectivity index (χ3v) is 4.26. The van der Waals surface area contributed by atoms with Gasteiger partial charge in [-0.2, -0.15) is 0 Å². The molecule has 0 unspecified atom stereocenters. The monoisotopic (exact) mass is 305 g/mol. The summed E-state index contributed by atoms with van der Waals surface area (Å²) in [5, 5.41) is 6.96. The molecule has 5 nitrogen and oxygen atoms in total. The maximum atomic E-state index is 4.71. The minimum atomic E-state index is 0.531. The fraction of sp³-hybridized carbons (Fsp3) is 0.706. The van der Waals surface area contributed by atoms with E-state index in [9.17, 15) is 0 Å². The lowest BCUT2D eigenvalue weighted by atomic mass is 10.0. The number of nitrogens with zero attached hydrogens (tertiary/aromatic N) is 3. The summed E-state index contributed by atoms with van der Waals surface area (Å²) in [7, 11) is 2.04. The highest BCUT2D eigenvalue weighted by atomic mass is 15.2. The van der Waals surface area contributed by atoms with Crippen molar-refractivity contribution in [3.05, 3.63) is 24.0 Å². The minimum Gasteiger partial charge on any atom is -0.357 e. The largest absolute Gasteiger partial charge is 0.357 e. The zero-order valence-corrected chi connectivity index (χ0v) is 14.5. The first-order chi connectivity index (χ1) is 10.6. The van der Waals surface area contributed by atoms with Crippen molar-refractivity contribution in [1.29, 1.82) is 0 Å². The lowest BCUT2D eigenvalue weighted by Gasteiger charge is -2.35. The van der Waals surface area contributed by atoms with Crippen molar-refractivity contribution in [2.45, 2.75) is 52.2 Å². The van der Waals surface area contributed by atoms with Gasteiger partial charge >= 0.3 is 0 Å². The molecule has 0 bridgehead atoms. The van der Waals surface area contributed by atoms with Gasteiger partial charge < -0.3 is 20.1 Å². The Labute approximate surface area is 134 Å². The van der Waals surface area contributed by atoms with Crippen LogP contribution in [0.3, 0.4) is 0 Å². The standard InChI is InChI=1S/C17H31N5/c1-5-18-17(19-12-15-6-9-21(4)13-15)20-16-7-10-22(11-8-16)14(2)3/h6,9,13-14,16H,5,7-8,10-12H2,1-4H3,(H2,18,19,20). The van der Waals surface area contributed by atoms with Gasteiger partial charge in [0, 0.05) is 51.2 Å². The Bertz CT molecular complexity index is 469. The van der Waals surface area contributed by atoms with Crippen molar-refractivity contribution in [2.24, 2.45) is 12.0 Å². The molecule has 124 valence electrons. The van der Waals surface area contributed by atoms with Crippen LogP contribution in [0.15, 0.2) is 23.5 Å².